The highest BCUT2D eigenvalue weighted by molar-refractivity contribution is 6.53. The number of amides is 5. The van der Waals surface area contributed by atoms with Crippen LogP contribution in [-0.2, 0) is 14.4 Å². The van der Waals surface area contributed by atoms with Crippen LogP contribution >= 0.6 is 0 Å². The van der Waals surface area contributed by atoms with Gasteiger partial charge in [-0.25, -0.2) is 19.0 Å². The number of aryl methyl sites for hydroxylation is 1. The Kier molecular flexibility index (Phi) is 5.08. The molecule has 144 valence electrons. The Morgan fingerprint density at radius 2 is 1.75 bits per heavy atom. The van der Waals surface area contributed by atoms with Crippen molar-refractivity contribution in [2.45, 2.75) is 6.92 Å². The molecule has 1 heterocycles. The van der Waals surface area contributed by atoms with Gasteiger partial charge in [-0.1, -0.05) is 6.07 Å². The summed E-state index contributed by atoms with van der Waals surface area (Å²) in [5, 5.41) is 2.28. The fraction of sp³-hybridized carbons (Fsp3) is 0.158. The van der Waals surface area contributed by atoms with Crippen LogP contribution in [0.4, 0.5) is 20.6 Å². The number of hydrogen-bond donors (Lipinski definition) is 1. The molecular weight excluding hydrogens is 369 g/mol. The number of ether oxygens (including phenoxy) is 1. The van der Waals surface area contributed by atoms with Crippen molar-refractivity contribution in [2.75, 3.05) is 23.9 Å². The number of halogens is 1. The van der Waals surface area contributed by atoms with E-state index in [2.05, 4.69) is 5.32 Å². The monoisotopic (exact) mass is 385 g/mol. The molecular formula is C19H16FN3O5. The van der Waals surface area contributed by atoms with Crippen LogP contribution in [0.25, 0.3) is 0 Å². The highest BCUT2D eigenvalue weighted by atomic mass is 19.1. The van der Waals surface area contributed by atoms with Gasteiger partial charge >= 0.3 is 17.8 Å². The van der Waals surface area contributed by atoms with Crippen LogP contribution in [0, 0.1) is 12.7 Å². The summed E-state index contributed by atoms with van der Waals surface area (Å²) in [5.74, 6) is -3.17. The third-order valence-electron chi connectivity index (χ3n) is 4.08. The number of carbonyl (C=O) groups excluding carboxylic acids is 4. The van der Waals surface area contributed by atoms with Crippen LogP contribution in [0.2, 0.25) is 0 Å². The van der Waals surface area contributed by atoms with Crippen LogP contribution in [0.1, 0.15) is 5.56 Å². The van der Waals surface area contributed by atoms with E-state index >= 15 is 0 Å². The third kappa shape index (κ3) is 3.54. The predicted octanol–water partition coefficient (Wildman–Crippen LogP) is 2.08. The number of imide groups is 2. The molecule has 0 spiro atoms. The quantitative estimate of drug-likeness (QED) is 0.628. The summed E-state index contributed by atoms with van der Waals surface area (Å²) in [7, 11) is 1.46. The Balaban J connectivity index is 1.75. The van der Waals surface area contributed by atoms with Crippen molar-refractivity contribution in [3.63, 3.8) is 0 Å². The first-order valence-electron chi connectivity index (χ1n) is 8.22. The maximum atomic E-state index is 13.9. The topological polar surface area (TPSA) is 96.0 Å². The molecule has 0 aromatic heterocycles. The van der Waals surface area contributed by atoms with Gasteiger partial charge in [0.1, 0.15) is 18.1 Å². The molecule has 1 N–H and O–H groups in total. The molecule has 8 nitrogen and oxygen atoms in total. The van der Waals surface area contributed by atoms with Crippen LogP contribution in [0.15, 0.2) is 42.5 Å². The average molecular weight is 385 g/mol. The van der Waals surface area contributed by atoms with Crippen molar-refractivity contribution in [3.8, 4) is 5.75 Å². The van der Waals surface area contributed by atoms with E-state index in [1.807, 2.05) is 0 Å². The summed E-state index contributed by atoms with van der Waals surface area (Å²) in [5.41, 5.74) is 0.741. The zero-order valence-electron chi connectivity index (χ0n) is 15.1. The Bertz CT molecular complexity index is 974. The maximum absolute atomic E-state index is 13.9. The summed E-state index contributed by atoms with van der Waals surface area (Å²) in [4.78, 5) is 50.2. The molecule has 1 saturated heterocycles. The summed E-state index contributed by atoms with van der Waals surface area (Å²) in [6, 6.07) is 9.16. The molecule has 0 atom stereocenters. The van der Waals surface area contributed by atoms with E-state index in [1.165, 1.54) is 43.5 Å². The number of rotatable bonds is 5. The lowest BCUT2D eigenvalue weighted by atomic mass is 10.2. The van der Waals surface area contributed by atoms with E-state index in [-0.39, 0.29) is 11.4 Å². The lowest BCUT2D eigenvalue weighted by molar-refractivity contribution is -0.140. The van der Waals surface area contributed by atoms with Crippen molar-refractivity contribution in [1.82, 2.24) is 4.90 Å². The highest BCUT2D eigenvalue weighted by Crippen LogP contribution is 2.24. The number of methoxy groups -OCH3 is 1. The molecule has 28 heavy (non-hydrogen) atoms. The SMILES string of the molecule is COc1ccc(N2C(=O)C(=O)N(CC(=O)Nc3ccc(C)cc3F)C2=O)cc1. The van der Waals surface area contributed by atoms with Crippen LogP contribution < -0.4 is 15.0 Å². The first-order valence-corrected chi connectivity index (χ1v) is 8.22. The summed E-state index contributed by atoms with van der Waals surface area (Å²) >= 11 is 0. The first kappa shape index (κ1) is 19.0. The first-order chi connectivity index (χ1) is 13.3. The van der Waals surface area contributed by atoms with Gasteiger partial charge in [-0.3, -0.25) is 14.4 Å². The molecule has 1 aliphatic rings. The number of nitrogens with one attached hydrogen (secondary N) is 1. The van der Waals surface area contributed by atoms with Crippen molar-refractivity contribution in [2.24, 2.45) is 0 Å². The molecule has 2 aromatic carbocycles. The number of benzene rings is 2. The van der Waals surface area contributed by atoms with Gasteiger partial charge in [0.2, 0.25) is 5.91 Å². The predicted molar refractivity (Wildman–Crippen MR) is 97.4 cm³/mol. The van der Waals surface area contributed by atoms with Gasteiger partial charge in [0, 0.05) is 0 Å². The van der Waals surface area contributed by atoms with Crippen molar-refractivity contribution < 1.29 is 28.3 Å². The Morgan fingerprint density at radius 1 is 1.07 bits per heavy atom. The molecule has 0 unspecified atom stereocenters. The van der Waals surface area contributed by atoms with Gasteiger partial charge in [-0.2, -0.15) is 0 Å². The molecule has 0 aliphatic carbocycles. The summed E-state index contributed by atoms with van der Waals surface area (Å²) in [6.45, 7) is 0.971. The van der Waals surface area contributed by atoms with Gasteiger partial charge in [-0.05, 0) is 48.9 Å². The second kappa shape index (κ2) is 7.47. The normalized spacial score (nSPS) is 13.9. The van der Waals surface area contributed by atoms with E-state index in [0.29, 0.717) is 21.1 Å². The lowest BCUT2D eigenvalue weighted by Gasteiger charge is -2.16. The van der Waals surface area contributed by atoms with Gasteiger partial charge in [-0.15, -0.1) is 0 Å². The molecule has 0 bridgehead atoms. The Labute approximate surface area is 159 Å². The van der Waals surface area contributed by atoms with Crippen molar-refractivity contribution in [3.05, 3.63) is 53.8 Å². The van der Waals surface area contributed by atoms with E-state index in [0.717, 1.165) is 0 Å². The van der Waals surface area contributed by atoms with E-state index < -0.39 is 36.1 Å². The summed E-state index contributed by atoms with van der Waals surface area (Å²) in [6.07, 6.45) is 0. The van der Waals surface area contributed by atoms with E-state index in [4.69, 9.17) is 4.74 Å². The molecule has 5 amide bonds. The minimum atomic E-state index is -1.14. The van der Waals surface area contributed by atoms with Gasteiger partial charge in [0.25, 0.3) is 0 Å². The van der Waals surface area contributed by atoms with Crippen LogP contribution in [-0.4, -0.2) is 42.3 Å². The minimum Gasteiger partial charge on any atom is -0.497 e. The molecule has 2 aromatic rings. The van der Waals surface area contributed by atoms with Crippen LogP contribution in [0.5, 0.6) is 5.75 Å². The molecule has 0 saturated carbocycles. The molecule has 1 fully saturated rings. The van der Waals surface area contributed by atoms with Gasteiger partial charge in [0.15, 0.2) is 0 Å². The van der Waals surface area contributed by atoms with Gasteiger partial charge < -0.3 is 10.1 Å². The standard InChI is InChI=1S/C19H16FN3O5/c1-11-3-8-15(14(20)9-11)21-16(24)10-22-17(25)18(26)23(19(22)27)12-4-6-13(28-2)7-5-12/h3-9H,10H2,1-2H3,(H,21,24). The Morgan fingerprint density at radius 3 is 2.36 bits per heavy atom. The van der Waals surface area contributed by atoms with Gasteiger partial charge in [0.05, 0.1) is 18.5 Å². The fourth-order valence-electron chi connectivity index (χ4n) is 2.66. The molecule has 1 aliphatic heterocycles. The largest absolute Gasteiger partial charge is 0.497 e. The van der Waals surface area contributed by atoms with Crippen molar-refractivity contribution >= 4 is 35.1 Å². The number of carbonyl (C=O) groups is 4. The number of urea groups is 1. The van der Waals surface area contributed by atoms with E-state index in [1.54, 1.807) is 13.0 Å². The molecule has 9 heteroatoms. The second-order valence-corrected chi connectivity index (χ2v) is 6.04. The van der Waals surface area contributed by atoms with Crippen LogP contribution in [0.3, 0.4) is 0 Å². The summed E-state index contributed by atoms with van der Waals surface area (Å²) < 4.78 is 18.9. The fourth-order valence-corrected chi connectivity index (χ4v) is 2.66. The van der Waals surface area contributed by atoms with E-state index in [9.17, 15) is 23.6 Å². The zero-order valence-corrected chi connectivity index (χ0v) is 15.1. The highest BCUT2D eigenvalue weighted by Gasteiger charge is 2.46. The molecule has 3 rings (SSSR count). The lowest BCUT2D eigenvalue weighted by Crippen LogP contribution is -2.39. The molecule has 0 radical (unpaired) electrons. The second-order valence-electron chi connectivity index (χ2n) is 6.04. The van der Waals surface area contributed by atoms with Crippen molar-refractivity contribution in [1.29, 1.82) is 0 Å². The number of anilines is 2. The minimum absolute atomic E-state index is 0.0898. The smallest absolute Gasteiger partial charge is 0.339 e. The number of nitrogens with zero attached hydrogens (tertiary/aromatic N) is 2. The zero-order chi connectivity index (χ0) is 20.4. The third-order valence-corrected chi connectivity index (χ3v) is 4.08. The maximum Gasteiger partial charge on any atom is 0.339 e. The average Bonchev–Trinajstić information content (AvgIpc) is 2.87. The number of hydrogen-bond acceptors (Lipinski definition) is 5. The Hall–Kier alpha value is -3.75.